The number of hydrogen-bond donors (Lipinski definition) is 0. The molecule has 0 bridgehead atoms. The van der Waals surface area contributed by atoms with Crippen LogP contribution in [0.2, 0.25) is 0 Å². The molecule has 0 N–H and O–H groups in total. The molecule has 0 saturated heterocycles. The summed E-state index contributed by atoms with van der Waals surface area (Å²) in [7, 11) is 0. The Bertz CT molecular complexity index is 7120. The molecular weight excluding hydrogens is 1340 g/mol. The van der Waals surface area contributed by atoms with Crippen molar-refractivity contribution < 1.29 is 8.83 Å². The average Bonchev–Trinajstić information content (AvgIpc) is 0.944. The minimum atomic E-state index is 0.547. The van der Waals surface area contributed by atoms with Crippen molar-refractivity contribution in [3.8, 4) is 146 Å². The first-order chi connectivity index (χ1) is 54.5. The third kappa shape index (κ3) is 11.2. The van der Waals surface area contributed by atoms with Crippen LogP contribution in [0.4, 0.5) is 0 Å². The Labute approximate surface area is 633 Å². The highest BCUT2D eigenvalue weighted by molar-refractivity contribution is 6.25. The maximum Gasteiger partial charge on any atom is 0.167 e. The van der Waals surface area contributed by atoms with Crippen molar-refractivity contribution in [3.63, 3.8) is 0 Å². The van der Waals surface area contributed by atoms with E-state index in [9.17, 15) is 0 Å². The molecule has 17 aromatic carbocycles. The Morgan fingerprint density at radius 3 is 0.955 bits per heavy atom. The van der Waals surface area contributed by atoms with Gasteiger partial charge in [0.05, 0.1) is 11.1 Å². The Kier molecular flexibility index (Phi) is 15.4. The highest BCUT2D eigenvalue weighted by Gasteiger charge is 2.25. The second-order valence-corrected chi connectivity index (χ2v) is 27.9. The molecule has 21 aromatic rings. The fourth-order valence-corrected chi connectivity index (χ4v) is 16.2. The van der Waals surface area contributed by atoms with Crippen molar-refractivity contribution in [2.75, 3.05) is 0 Å². The van der Waals surface area contributed by atoms with Crippen LogP contribution >= 0.6 is 0 Å². The van der Waals surface area contributed by atoms with Gasteiger partial charge in [-0.2, -0.15) is 0 Å². The van der Waals surface area contributed by atoms with Gasteiger partial charge >= 0.3 is 0 Å². The van der Waals surface area contributed by atoms with Crippen molar-refractivity contribution >= 4 is 76.2 Å². The number of hydrogen-bond acceptors (Lipinski definition) is 8. The van der Waals surface area contributed by atoms with Gasteiger partial charge in [-0.25, -0.2) is 29.9 Å². The zero-order chi connectivity index (χ0) is 72.6. The van der Waals surface area contributed by atoms with Gasteiger partial charge < -0.3 is 8.83 Å². The van der Waals surface area contributed by atoms with E-state index in [0.29, 0.717) is 34.9 Å². The van der Waals surface area contributed by atoms with Gasteiger partial charge in [0.15, 0.2) is 34.9 Å². The molecule has 0 aliphatic rings. The lowest BCUT2D eigenvalue weighted by Crippen LogP contribution is -2.00. The minimum Gasteiger partial charge on any atom is -0.455 e. The predicted molar refractivity (Wildman–Crippen MR) is 451 cm³/mol. The molecule has 21 rings (SSSR count). The average molecular weight is 1400 g/mol. The summed E-state index contributed by atoms with van der Waals surface area (Å²) < 4.78 is 13.0. The van der Waals surface area contributed by atoms with E-state index in [4.69, 9.17) is 38.7 Å². The summed E-state index contributed by atoms with van der Waals surface area (Å²) in [5.41, 5.74) is 24.4. The molecule has 0 fully saturated rings. The Morgan fingerprint density at radius 2 is 0.473 bits per heavy atom. The summed E-state index contributed by atoms with van der Waals surface area (Å²) in [5.74, 6) is 3.44. The zero-order valence-electron chi connectivity index (χ0n) is 59.3. The number of aromatic nitrogens is 6. The Morgan fingerprint density at radius 1 is 0.155 bits per heavy atom. The van der Waals surface area contributed by atoms with Crippen molar-refractivity contribution in [2.45, 2.75) is 0 Å². The molecule has 0 unspecified atom stereocenters. The number of rotatable bonds is 13. The molecule has 8 nitrogen and oxygen atoms in total. The number of para-hydroxylation sites is 4. The van der Waals surface area contributed by atoms with Crippen molar-refractivity contribution in [1.82, 2.24) is 29.9 Å². The Balaban J connectivity index is 0.582. The smallest absolute Gasteiger partial charge is 0.167 e. The van der Waals surface area contributed by atoms with E-state index in [1.165, 1.54) is 32.7 Å². The van der Waals surface area contributed by atoms with Crippen LogP contribution in [0.25, 0.3) is 222 Å². The van der Waals surface area contributed by atoms with Crippen LogP contribution in [0.3, 0.4) is 0 Å². The lowest BCUT2D eigenvalue weighted by Gasteiger charge is -2.21. The monoisotopic (exact) mass is 1400 g/mol. The van der Waals surface area contributed by atoms with Crippen molar-refractivity contribution in [1.29, 1.82) is 0 Å². The van der Waals surface area contributed by atoms with Gasteiger partial charge in [-0.1, -0.05) is 346 Å². The maximum atomic E-state index is 6.53. The molecule has 0 spiro atoms. The van der Waals surface area contributed by atoms with E-state index in [1.807, 2.05) is 121 Å². The van der Waals surface area contributed by atoms with Gasteiger partial charge in [0.1, 0.15) is 22.3 Å². The highest BCUT2D eigenvalue weighted by Crippen LogP contribution is 2.50. The number of benzene rings is 17. The third-order valence-corrected chi connectivity index (χ3v) is 21.5. The predicted octanol–water partition coefficient (Wildman–Crippen LogP) is 27.0. The first-order valence-electron chi connectivity index (χ1n) is 37.0. The molecule has 0 saturated carbocycles. The summed E-state index contributed by atoms with van der Waals surface area (Å²) in [6.45, 7) is 0. The zero-order valence-corrected chi connectivity index (χ0v) is 59.3. The van der Waals surface area contributed by atoms with Crippen molar-refractivity contribution in [2.24, 2.45) is 0 Å². The second-order valence-electron chi connectivity index (χ2n) is 27.9. The van der Waals surface area contributed by atoms with Gasteiger partial charge in [-0.3, -0.25) is 0 Å². The molecule has 0 aliphatic carbocycles. The summed E-state index contributed by atoms with van der Waals surface area (Å²) in [6, 6.07) is 133. The van der Waals surface area contributed by atoms with Crippen LogP contribution < -0.4 is 0 Å². The molecule has 4 heterocycles. The first-order valence-corrected chi connectivity index (χ1v) is 37.0. The van der Waals surface area contributed by atoms with E-state index in [1.54, 1.807) is 0 Å². The van der Waals surface area contributed by atoms with Crippen LogP contribution in [-0.4, -0.2) is 29.9 Å². The molecule has 0 radical (unpaired) electrons. The Hall–Kier alpha value is -14.9. The molecule has 0 atom stereocenters. The highest BCUT2D eigenvalue weighted by atomic mass is 16.3. The van der Waals surface area contributed by atoms with E-state index in [2.05, 4.69) is 255 Å². The third-order valence-electron chi connectivity index (χ3n) is 21.5. The van der Waals surface area contributed by atoms with Gasteiger partial charge in [-0.05, 0) is 141 Å². The lowest BCUT2D eigenvalue weighted by atomic mass is 9.81. The van der Waals surface area contributed by atoms with Crippen molar-refractivity contribution in [3.05, 3.63) is 376 Å². The van der Waals surface area contributed by atoms with Crippen LogP contribution in [0.5, 0.6) is 0 Å². The van der Waals surface area contributed by atoms with Gasteiger partial charge in [0.2, 0.25) is 0 Å². The lowest BCUT2D eigenvalue weighted by molar-refractivity contribution is 0.669. The molecule has 110 heavy (non-hydrogen) atoms. The second kappa shape index (κ2) is 26.6. The number of furan rings is 2. The summed E-state index contributed by atoms with van der Waals surface area (Å²) in [5, 5.41) is 11.2. The van der Waals surface area contributed by atoms with Crippen LogP contribution in [-0.2, 0) is 0 Å². The molecule has 0 amide bonds. The van der Waals surface area contributed by atoms with Gasteiger partial charge in [0, 0.05) is 43.8 Å². The summed E-state index contributed by atoms with van der Waals surface area (Å²) in [6.07, 6.45) is 0. The normalized spacial score (nSPS) is 11.6. The van der Waals surface area contributed by atoms with Gasteiger partial charge in [-0.15, -0.1) is 0 Å². The minimum absolute atomic E-state index is 0.547. The van der Waals surface area contributed by atoms with Crippen LogP contribution in [0, 0.1) is 0 Å². The van der Waals surface area contributed by atoms with Crippen LogP contribution in [0.15, 0.2) is 385 Å². The standard InChI is InChI=1S/C102H62N6O2/c1-3-23-70(24-4-1)97-103-99(107-101(105-97)88-40-20-38-86-80-32-15-17-42-90(80)109-95(86)88)72-56-52-68(53-57-72)77-30-10-9-29-76(77)67-50-48-64(49-51-67)63-44-46-65(47-45-63)74-27-19-28-75(62-74)79-61-60-66-22-7-8-31-78(66)93(79)94-84-36-13-11-34-82(84)92(83-35-12-14-37-85(83)94)69-54-58-73(59-55-69)100-104-98(71-25-5-2-6-26-71)106-102(108-100)89-41-21-39-87-81-33-16-18-43-91(81)110-96(87)89/h1-62H. The van der Waals surface area contributed by atoms with Crippen LogP contribution in [0.1, 0.15) is 0 Å². The van der Waals surface area contributed by atoms with Gasteiger partial charge in [0.25, 0.3) is 0 Å². The number of nitrogens with zero attached hydrogens (tertiary/aromatic N) is 6. The molecule has 0 aliphatic heterocycles. The fourth-order valence-electron chi connectivity index (χ4n) is 16.2. The molecule has 4 aromatic heterocycles. The quantitative estimate of drug-likeness (QED) is 0.105. The van der Waals surface area contributed by atoms with E-state index in [-0.39, 0.29) is 0 Å². The number of fused-ring (bicyclic) bond motifs is 9. The maximum absolute atomic E-state index is 6.53. The van der Waals surface area contributed by atoms with E-state index >= 15 is 0 Å². The first kappa shape index (κ1) is 63.6. The summed E-state index contributed by atoms with van der Waals surface area (Å²) in [4.78, 5) is 30.8. The topological polar surface area (TPSA) is 104 Å². The van der Waals surface area contributed by atoms with E-state index in [0.717, 1.165) is 155 Å². The largest absolute Gasteiger partial charge is 0.455 e. The SMILES string of the molecule is c1ccc(-c2nc(-c3ccc(-c4ccccc4-c4ccc(-c5ccc(-c6cccc(-c7ccc8ccccc8c7-c7c8ccccc8c(-c8ccc(-c9nc(-c%10ccccc%10)nc(-c%10cccc%11c%10oc%10ccccc%10%11)n9)cc8)c8ccccc78)c6)cc5)cc4)cc3)nc(-c3cccc4c3oc3ccccc34)n2)cc1. The molecule has 8 heteroatoms. The fraction of sp³-hybridized carbons (Fsp3) is 0. The van der Waals surface area contributed by atoms with E-state index < -0.39 is 0 Å². The molecular formula is C102H62N6O2. The summed E-state index contributed by atoms with van der Waals surface area (Å²) >= 11 is 0. The molecule has 512 valence electrons.